The summed E-state index contributed by atoms with van der Waals surface area (Å²) in [4.78, 5) is 23.1. The molecule has 5 nitrogen and oxygen atoms in total. The van der Waals surface area contributed by atoms with Crippen molar-refractivity contribution in [1.82, 2.24) is 9.88 Å². The normalized spacial score (nSPS) is 17.8. The first-order valence-corrected chi connectivity index (χ1v) is 12.8. The largest absolute Gasteiger partial charge is 0.497 e. The number of piperidine rings is 1. The lowest BCUT2D eigenvalue weighted by atomic mass is 10.1. The lowest BCUT2D eigenvalue weighted by Crippen LogP contribution is -2.31. The molecule has 7 heteroatoms. The molecule has 0 bridgehead atoms. The molecule has 2 aliphatic heterocycles. The Hall–Kier alpha value is -2.90. The number of pyridine rings is 1. The molecule has 2 aromatic carbocycles. The molecule has 2 aliphatic rings. The molecule has 0 saturated carbocycles. The second-order valence-electron chi connectivity index (χ2n) is 8.71. The predicted molar refractivity (Wildman–Crippen MR) is 144 cm³/mol. The molecule has 34 heavy (non-hydrogen) atoms. The van der Waals surface area contributed by atoms with Crippen LogP contribution in [0.25, 0.3) is 17.0 Å². The van der Waals surface area contributed by atoms with E-state index in [1.807, 2.05) is 30.3 Å². The Morgan fingerprint density at radius 3 is 2.62 bits per heavy atom. The van der Waals surface area contributed by atoms with Gasteiger partial charge in [-0.2, -0.15) is 0 Å². The van der Waals surface area contributed by atoms with Crippen molar-refractivity contribution < 1.29 is 9.53 Å². The van der Waals surface area contributed by atoms with Gasteiger partial charge in [-0.25, -0.2) is 4.98 Å². The summed E-state index contributed by atoms with van der Waals surface area (Å²) in [6, 6.07) is 16.1. The zero-order valence-corrected chi connectivity index (χ0v) is 21.0. The van der Waals surface area contributed by atoms with E-state index in [1.54, 1.807) is 12.0 Å². The molecule has 3 heterocycles. The molecule has 2 saturated heterocycles. The Morgan fingerprint density at radius 1 is 1.12 bits per heavy atom. The average molecular weight is 490 g/mol. The van der Waals surface area contributed by atoms with E-state index >= 15 is 0 Å². The summed E-state index contributed by atoms with van der Waals surface area (Å²) in [6.45, 7) is 4.52. The molecule has 1 aromatic heterocycles. The number of aryl methyl sites for hydroxylation is 1. The molecule has 0 aliphatic carbocycles. The third-order valence-electron chi connectivity index (χ3n) is 6.37. The highest BCUT2D eigenvalue weighted by molar-refractivity contribution is 8.26. The number of thiocarbonyl (C=S) groups is 1. The molecule has 0 unspecified atom stereocenters. The van der Waals surface area contributed by atoms with Gasteiger partial charge in [-0.15, -0.1) is 0 Å². The number of ether oxygens (including phenoxy) is 1. The highest BCUT2D eigenvalue weighted by Gasteiger charge is 2.32. The monoisotopic (exact) mass is 489 g/mol. The van der Waals surface area contributed by atoms with Crippen LogP contribution in [0.1, 0.15) is 36.0 Å². The number of nitrogens with zero attached hydrogens (tertiary/aromatic N) is 3. The Labute approximate surface area is 209 Å². The van der Waals surface area contributed by atoms with Crippen molar-refractivity contribution in [2.45, 2.75) is 32.7 Å². The number of hydrogen-bond acceptors (Lipinski definition) is 6. The predicted octanol–water partition coefficient (Wildman–Crippen LogP) is 5.94. The molecule has 3 aromatic rings. The number of carbonyl (C=O) groups is 1. The minimum Gasteiger partial charge on any atom is -0.497 e. The van der Waals surface area contributed by atoms with Crippen LogP contribution in [0.5, 0.6) is 5.75 Å². The minimum absolute atomic E-state index is 0.0558. The third-order valence-corrected chi connectivity index (χ3v) is 7.75. The van der Waals surface area contributed by atoms with E-state index in [-0.39, 0.29) is 5.91 Å². The number of amides is 1. The lowest BCUT2D eigenvalue weighted by molar-refractivity contribution is -0.122. The van der Waals surface area contributed by atoms with Gasteiger partial charge in [0.25, 0.3) is 5.91 Å². The summed E-state index contributed by atoms with van der Waals surface area (Å²) in [5, 5.41) is 1.08. The van der Waals surface area contributed by atoms with Gasteiger partial charge in [-0.1, -0.05) is 54.3 Å². The number of thioether (sulfide) groups is 1. The van der Waals surface area contributed by atoms with Crippen LogP contribution < -0.4 is 9.64 Å². The Bertz CT molecular complexity index is 1280. The number of hydrogen-bond donors (Lipinski definition) is 0. The van der Waals surface area contributed by atoms with Crippen molar-refractivity contribution >= 4 is 57.0 Å². The van der Waals surface area contributed by atoms with Crippen molar-refractivity contribution in [1.29, 1.82) is 0 Å². The van der Waals surface area contributed by atoms with Crippen LogP contribution in [0, 0.1) is 6.92 Å². The van der Waals surface area contributed by atoms with Gasteiger partial charge < -0.3 is 9.64 Å². The van der Waals surface area contributed by atoms with Crippen molar-refractivity contribution in [3.8, 4) is 5.75 Å². The van der Waals surface area contributed by atoms with Crippen molar-refractivity contribution in [2.75, 3.05) is 25.1 Å². The van der Waals surface area contributed by atoms with Crippen LogP contribution in [0.15, 0.2) is 53.4 Å². The number of fused-ring (bicyclic) bond motifs is 1. The highest BCUT2D eigenvalue weighted by Crippen LogP contribution is 2.36. The van der Waals surface area contributed by atoms with Crippen LogP contribution in [-0.4, -0.2) is 40.3 Å². The molecule has 0 radical (unpaired) electrons. The zero-order valence-electron chi connectivity index (χ0n) is 19.4. The van der Waals surface area contributed by atoms with Gasteiger partial charge in [0.05, 0.1) is 24.1 Å². The van der Waals surface area contributed by atoms with Gasteiger partial charge in [0.1, 0.15) is 15.9 Å². The third kappa shape index (κ3) is 4.55. The fraction of sp³-hybridized carbons (Fsp3) is 0.296. The van der Waals surface area contributed by atoms with Gasteiger partial charge in [-0.3, -0.25) is 9.69 Å². The summed E-state index contributed by atoms with van der Waals surface area (Å²) in [6.07, 6.45) is 5.56. The number of aromatic nitrogens is 1. The van der Waals surface area contributed by atoms with Gasteiger partial charge in [0.2, 0.25) is 0 Å². The molecule has 1 amide bonds. The van der Waals surface area contributed by atoms with Crippen LogP contribution in [-0.2, 0) is 11.3 Å². The van der Waals surface area contributed by atoms with Crippen molar-refractivity contribution in [3.63, 3.8) is 0 Å². The van der Waals surface area contributed by atoms with Gasteiger partial charge in [0.15, 0.2) is 0 Å². The Kier molecular flexibility index (Phi) is 6.57. The summed E-state index contributed by atoms with van der Waals surface area (Å²) in [5.74, 6) is 1.69. The van der Waals surface area contributed by atoms with E-state index in [2.05, 4.69) is 36.1 Å². The minimum atomic E-state index is -0.0558. The first-order chi connectivity index (χ1) is 16.5. The molecule has 0 N–H and O–H groups in total. The maximum Gasteiger partial charge on any atom is 0.266 e. The van der Waals surface area contributed by atoms with Gasteiger partial charge >= 0.3 is 0 Å². The maximum absolute atomic E-state index is 13.3. The zero-order chi connectivity index (χ0) is 23.7. The maximum atomic E-state index is 13.3. The van der Waals surface area contributed by atoms with Crippen LogP contribution in [0.4, 0.5) is 5.82 Å². The number of benzene rings is 2. The molecule has 5 rings (SSSR count). The molecule has 174 valence electrons. The van der Waals surface area contributed by atoms with Gasteiger partial charge in [0, 0.05) is 24.0 Å². The van der Waals surface area contributed by atoms with Gasteiger partial charge in [-0.05, 0) is 61.6 Å². The molecule has 0 spiro atoms. The quantitative estimate of drug-likeness (QED) is 0.326. The molecular formula is C27H27N3O2S2. The Balaban J connectivity index is 1.49. The standard InChI is InChI=1S/C27H27N3O2S2/c1-18-7-6-8-20-15-21(25(28-24(18)20)29-13-4-3-5-14-29)16-23-26(31)30(27(33)34-23)17-19-9-11-22(32-2)12-10-19/h6-12,15-16H,3-5,13-14,17H2,1-2H3/b23-16-. The lowest BCUT2D eigenvalue weighted by Gasteiger charge is -2.29. The summed E-state index contributed by atoms with van der Waals surface area (Å²) in [7, 11) is 1.64. The number of carbonyl (C=O) groups excluding carboxylic acids is 1. The second kappa shape index (κ2) is 9.76. The van der Waals surface area contributed by atoms with Crippen molar-refractivity contribution in [2.24, 2.45) is 0 Å². The van der Waals surface area contributed by atoms with Crippen LogP contribution >= 0.6 is 24.0 Å². The number of para-hydroxylation sites is 1. The fourth-order valence-electron chi connectivity index (χ4n) is 4.51. The second-order valence-corrected chi connectivity index (χ2v) is 10.4. The van der Waals surface area contributed by atoms with E-state index in [9.17, 15) is 4.79 Å². The smallest absolute Gasteiger partial charge is 0.266 e. The number of anilines is 1. The van der Waals surface area contributed by atoms with E-state index in [4.69, 9.17) is 21.9 Å². The topological polar surface area (TPSA) is 45.7 Å². The number of rotatable bonds is 5. The summed E-state index contributed by atoms with van der Waals surface area (Å²) < 4.78 is 5.81. The molecule has 0 atom stereocenters. The SMILES string of the molecule is COc1ccc(CN2C(=O)/C(=C/c3cc4cccc(C)c4nc3N3CCCCC3)SC2=S)cc1. The number of methoxy groups -OCH3 is 1. The first-order valence-electron chi connectivity index (χ1n) is 11.6. The van der Waals surface area contributed by atoms with E-state index in [0.29, 0.717) is 15.8 Å². The molecule has 2 fully saturated rings. The fourth-order valence-corrected chi connectivity index (χ4v) is 5.76. The van der Waals surface area contributed by atoms with E-state index in [1.165, 1.54) is 18.2 Å². The summed E-state index contributed by atoms with van der Waals surface area (Å²) in [5.41, 5.74) is 4.17. The van der Waals surface area contributed by atoms with Crippen LogP contribution in [0.3, 0.4) is 0 Å². The van der Waals surface area contributed by atoms with Crippen molar-refractivity contribution in [3.05, 3.63) is 70.1 Å². The van der Waals surface area contributed by atoms with Crippen LogP contribution in [0.2, 0.25) is 0 Å². The first kappa shape index (κ1) is 22.9. The average Bonchev–Trinajstić information content (AvgIpc) is 3.12. The molecular weight excluding hydrogens is 462 g/mol. The Morgan fingerprint density at radius 2 is 1.88 bits per heavy atom. The summed E-state index contributed by atoms with van der Waals surface area (Å²) >= 11 is 6.95. The highest BCUT2D eigenvalue weighted by atomic mass is 32.2. The van der Waals surface area contributed by atoms with E-state index < -0.39 is 0 Å². The van der Waals surface area contributed by atoms with E-state index in [0.717, 1.165) is 65.1 Å².